The number of aromatic hydroxyl groups is 1. The van der Waals surface area contributed by atoms with Gasteiger partial charge in [-0.25, -0.2) is 8.42 Å². The Bertz CT molecular complexity index is 885. The molecule has 0 atom stereocenters. The second-order valence-corrected chi connectivity index (χ2v) is 7.08. The molecule has 2 aromatic rings. The summed E-state index contributed by atoms with van der Waals surface area (Å²) in [6, 6.07) is 6.68. The predicted molar refractivity (Wildman–Crippen MR) is 93.2 cm³/mol. The van der Waals surface area contributed by atoms with E-state index in [9.17, 15) is 18.3 Å². The Balaban J connectivity index is 2.34. The Kier molecular flexibility index (Phi) is 5.81. The van der Waals surface area contributed by atoms with Crippen LogP contribution >= 0.6 is 11.6 Å². The number of nitrogens with zero attached hydrogens (tertiary/aromatic N) is 3. The van der Waals surface area contributed by atoms with Crippen LogP contribution < -0.4 is 4.72 Å². The average Bonchev–Trinajstić information content (AvgIpc) is 2.58. The van der Waals surface area contributed by atoms with Gasteiger partial charge in [0.1, 0.15) is 0 Å². The van der Waals surface area contributed by atoms with E-state index in [-0.39, 0.29) is 27.3 Å². The Morgan fingerprint density at radius 2 is 1.92 bits per heavy atom. The van der Waals surface area contributed by atoms with Crippen LogP contribution in [0.5, 0.6) is 5.75 Å². The van der Waals surface area contributed by atoms with E-state index >= 15 is 0 Å². The van der Waals surface area contributed by atoms with E-state index in [2.05, 4.69) is 14.9 Å². The molecular formula is C15H17ClN4O4S. The Hall–Kier alpha value is -2.39. The van der Waals surface area contributed by atoms with Crippen LogP contribution in [-0.4, -0.2) is 47.6 Å². The number of carbonyl (C=O) groups excluding carboxylic acids is 1. The monoisotopic (exact) mass is 384 g/mol. The van der Waals surface area contributed by atoms with Crippen LogP contribution in [0.3, 0.4) is 0 Å². The smallest absolute Gasteiger partial charge is 0.263 e. The molecule has 1 aromatic carbocycles. The molecule has 0 saturated heterocycles. The largest absolute Gasteiger partial charge is 0.504 e. The first kappa shape index (κ1) is 18.9. The molecule has 8 nitrogen and oxygen atoms in total. The number of carbonyl (C=O) groups is 1. The first-order chi connectivity index (χ1) is 11.8. The van der Waals surface area contributed by atoms with Crippen molar-refractivity contribution in [2.75, 3.05) is 17.8 Å². The Morgan fingerprint density at radius 1 is 1.24 bits per heavy atom. The first-order valence-electron chi connectivity index (χ1n) is 7.42. The first-order valence-corrected chi connectivity index (χ1v) is 9.29. The number of halogens is 1. The van der Waals surface area contributed by atoms with Crippen LogP contribution in [0.2, 0.25) is 5.15 Å². The van der Waals surface area contributed by atoms with Crippen molar-refractivity contribution in [3.05, 3.63) is 41.0 Å². The third kappa shape index (κ3) is 4.37. The highest BCUT2D eigenvalue weighted by Gasteiger charge is 2.20. The zero-order chi connectivity index (χ0) is 18.6. The van der Waals surface area contributed by atoms with Crippen molar-refractivity contribution in [1.29, 1.82) is 0 Å². The summed E-state index contributed by atoms with van der Waals surface area (Å²) >= 11 is 5.56. The van der Waals surface area contributed by atoms with Gasteiger partial charge in [0, 0.05) is 24.7 Å². The predicted octanol–water partition coefficient (Wildman–Crippen LogP) is 2.12. The van der Waals surface area contributed by atoms with Gasteiger partial charge in [0.15, 0.2) is 10.9 Å². The zero-order valence-corrected chi connectivity index (χ0v) is 15.2. The van der Waals surface area contributed by atoms with E-state index in [1.54, 1.807) is 11.0 Å². The topological polar surface area (TPSA) is 112 Å². The van der Waals surface area contributed by atoms with E-state index in [0.29, 0.717) is 13.1 Å². The molecule has 2 N–H and O–H groups in total. The average molecular weight is 385 g/mol. The number of rotatable bonds is 6. The summed E-state index contributed by atoms with van der Waals surface area (Å²) < 4.78 is 27.1. The minimum atomic E-state index is -4.07. The molecule has 25 heavy (non-hydrogen) atoms. The number of hydrogen-bond donors (Lipinski definition) is 2. The second kappa shape index (κ2) is 7.66. The maximum absolute atomic E-state index is 12.5. The number of sulfonamides is 1. The van der Waals surface area contributed by atoms with Crippen LogP contribution in [0.15, 0.2) is 35.2 Å². The van der Waals surface area contributed by atoms with Crippen molar-refractivity contribution in [2.45, 2.75) is 18.7 Å². The summed E-state index contributed by atoms with van der Waals surface area (Å²) in [5.74, 6) is -1.08. The zero-order valence-electron chi connectivity index (χ0n) is 13.6. The standard InChI is InChI=1S/C15H17ClN4O4S/c1-3-20(4-2)15(22)10-6-5-7-11(8-10)25(23,24)19-14-12(21)9-13(16)17-18-14/h5-9H,3-4H2,1-2H3,(H,17,21)(H,18,19). The summed E-state index contributed by atoms with van der Waals surface area (Å²) in [5.41, 5.74) is 0.248. The van der Waals surface area contributed by atoms with Gasteiger partial charge >= 0.3 is 0 Å². The number of hydrogen-bond acceptors (Lipinski definition) is 6. The van der Waals surface area contributed by atoms with E-state index in [1.807, 2.05) is 13.8 Å². The van der Waals surface area contributed by atoms with Gasteiger partial charge in [0.25, 0.3) is 15.9 Å². The maximum atomic E-state index is 12.5. The summed E-state index contributed by atoms with van der Waals surface area (Å²) in [7, 11) is -4.07. The second-order valence-electron chi connectivity index (χ2n) is 5.01. The summed E-state index contributed by atoms with van der Waals surface area (Å²) in [5, 5.41) is 16.6. The van der Waals surface area contributed by atoms with E-state index < -0.39 is 15.8 Å². The minimum Gasteiger partial charge on any atom is -0.504 e. The normalized spacial score (nSPS) is 11.2. The summed E-state index contributed by atoms with van der Waals surface area (Å²) in [6.07, 6.45) is 0. The van der Waals surface area contributed by atoms with E-state index in [1.165, 1.54) is 18.2 Å². The lowest BCUT2D eigenvalue weighted by molar-refractivity contribution is 0.0772. The molecule has 0 saturated carbocycles. The van der Waals surface area contributed by atoms with Crippen molar-refractivity contribution in [3.8, 4) is 5.75 Å². The molecule has 1 heterocycles. The van der Waals surface area contributed by atoms with Gasteiger partial charge in [-0.05, 0) is 32.0 Å². The van der Waals surface area contributed by atoms with Gasteiger partial charge in [-0.1, -0.05) is 17.7 Å². The van der Waals surface area contributed by atoms with Gasteiger partial charge in [-0.3, -0.25) is 9.52 Å². The fourth-order valence-electron chi connectivity index (χ4n) is 2.11. The maximum Gasteiger partial charge on any atom is 0.263 e. The lowest BCUT2D eigenvalue weighted by Gasteiger charge is -2.19. The molecule has 1 amide bonds. The lowest BCUT2D eigenvalue weighted by atomic mass is 10.2. The Labute approximate surface area is 150 Å². The van der Waals surface area contributed by atoms with Crippen molar-refractivity contribution in [3.63, 3.8) is 0 Å². The van der Waals surface area contributed by atoms with Crippen LogP contribution in [0.25, 0.3) is 0 Å². The van der Waals surface area contributed by atoms with Crippen LogP contribution in [0, 0.1) is 0 Å². The number of aromatic nitrogens is 2. The fraction of sp³-hybridized carbons (Fsp3) is 0.267. The van der Waals surface area contributed by atoms with Crippen LogP contribution in [0.4, 0.5) is 5.82 Å². The van der Waals surface area contributed by atoms with Crippen molar-refractivity contribution >= 4 is 33.3 Å². The molecular weight excluding hydrogens is 368 g/mol. The molecule has 134 valence electrons. The molecule has 2 rings (SSSR count). The quantitative estimate of drug-likeness (QED) is 0.788. The SMILES string of the molecule is CCN(CC)C(=O)c1cccc(S(=O)(=O)Nc2nnc(Cl)cc2O)c1. The molecule has 0 bridgehead atoms. The molecule has 0 aliphatic heterocycles. The summed E-state index contributed by atoms with van der Waals surface area (Å²) in [6.45, 7) is 4.70. The number of nitrogens with one attached hydrogen (secondary N) is 1. The third-order valence-corrected chi connectivity index (χ3v) is 4.94. The van der Waals surface area contributed by atoms with Crippen molar-refractivity contribution in [1.82, 2.24) is 15.1 Å². The number of anilines is 1. The van der Waals surface area contributed by atoms with Gasteiger partial charge in [-0.15, -0.1) is 10.2 Å². The van der Waals surface area contributed by atoms with Gasteiger partial charge in [0.2, 0.25) is 5.82 Å². The van der Waals surface area contributed by atoms with Crippen molar-refractivity contribution in [2.24, 2.45) is 0 Å². The third-order valence-electron chi connectivity index (χ3n) is 3.42. The molecule has 1 aromatic heterocycles. The Morgan fingerprint density at radius 3 is 2.52 bits per heavy atom. The minimum absolute atomic E-state index is 0.0766. The molecule has 0 spiro atoms. The van der Waals surface area contributed by atoms with Gasteiger partial charge < -0.3 is 10.0 Å². The van der Waals surface area contributed by atoms with Crippen LogP contribution in [-0.2, 0) is 10.0 Å². The van der Waals surface area contributed by atoms with E-state index in [0.717, 1.165) is 6.07 Å². The molecule has 0 fully saturated rings. The highest BCUT2D eigenvalue weighted by atomic mass is 35.5. The van der Waals surface area contributed by atoms with Gasteiger partial charge in [-0.2, -0.15) is 0 Å². The molecule has 0 aliphatic rings. The summed E-state index contributed by atoms with van der Waals surface area (Å²) in [4.78, 5) is 13.8. The van der Waals surface area contributed by atoms with Gasteiger partial charge in [0.05, 0.1) is 4.90 Å². The molecule has 0 unspecified atom stereocenters. The highest BCUT2D eigenvalue weighted by Crippen LogP contribution is 2.25. The van der Waals surface area contributed by atoms with E-state index in [4.69, 9.17) is 11.6 Å². The molecule has 10 heteroatoms. The van der Waals surface area contributed by atoms with Crippen molar-refractivity contribution < 1.29 is 18.3 Å². The molecule has 0 radical (unpaired) electrons. The lowest BCUT2D eigenvalue weighted by Crippen LogP contribution is -2.30. The fourth-order valence-corrected chi connectivity index (χ4v) is 3.31. The van der Waals surface area contributed by atoms with Crippen LogP contribution in [0.1, 0.15) is 24.2 Å². The highest BCUT2D eigenvalue weighted by molar-refractivity contribution is 7.92. The molecule has 0 aliphatic carbocycles. The number of amides is 1. The number of benzene rings is 1.